The molecule has 3 amide bonds. The molecule has 0 aromatic heterocycles. The highest BCUT2D eigenvalue weighted by Crippen LogP contribution is 2.30. The maximum absolute atomic E-state index is 12.2. The Kier molecular flexibility index (Phi) is 5.99. The highest BCUT2D eigenvalue weighted by Gasteiger charge is 2.45. The van der Waals surface area contributed by atoms with Crippen LogP contribution >= 0.6 is 0 Å². The van der Waals surface area contributed by atoms with Crippen LogP contribution in [0.15, 0.2) is 0 Å². The van der Waals surface area contributed by atoms with Gasteiger partial charge in [-0.25, -0.2) is 4.79 Å². The van der Waals surface area contributed by atoms with Gasteiger partial charge in [0.1, 0.15) is 6.54 Å². The number of hydrogen-bond acceptors (Lipinski definition) is 3. The first-order valence-corrected chi connectivity index (χ1v) is 6.50. The van der Waals surface area contributed by atoms with E-state index >= 15 is 0 Å². The van der Waals surface area contributed by atoms with Gasteiger partial charge in [0.05, 0.1) is 11.0 Å². The number of rotatable bonds is 6. The monoisotopic (exact) mass is 287 g/mol. The second kappa shape index (κ2) is 6.58. The van der Waals surface area contributed by atoms with Gasteiger partial charge in [-0.3, -0.25) is 9.59 Å². The zero-order valence-corrected chi connectivity index (χ0v) is 13.0. The van der Waals surface area contributed by atoms with Crippen LogP contribution in [0.5, 0.6) is 0 Å². The Bertz CT molecular complexity index is 391. The van der Waals surface area contributed by atoms with Crippen LogP contribution in [-0.2, 0) is 9.59 Å². The first-order valence-electron chi connectivity index (χ1n) is 6.50. The summed E-state index contributed by atoms with van der Waals surface area (Å²) in [5.74, 6) is -1.28. The summed E-state index contributed by atoms with van der Waals surface area (Å²) in [7, 11) is 1.49. The Morgan fingerprint density at radius 3 is 2.00 bits per heavy atom. The number of likely N-dealkylation sites (N-methyl/N-ethyl adjacent to an activating group) is 2. The van der Waals surface area contributed by atoms with E-state index in [-0.39, 0.29) is 12.5 Å². The summed E-state index contributed by atoms with van der Waals surface area (Å²) in [6.45, 7) is 8.41. The second-order valence-electron chi connectivity index (χ2n) is 5.67. The van der Waals surface area contributed by atoms with E-state index in [1.54, 1.807) is 34.6 Å². The minimum atomic E-state index is -1.14. The van der Waals surface area contributed by atoms with Gasteiger partial charge in [-0.15, -0.1) is 0 Å². The fraction of sp³-hybridized carbons (Fsp3) is 0.769. The van der Waals surface area contributed by atoms with Crippen molar-refractivity contribution in [2.45, 2.75) is 40.2 Å². The third kappa shape index (κ3) is 4.11. The van der Waals surface area contributed by atoms with Crippen molar-refractivity contribution in [2.24, 2.45) is 5.41 Å². The van der Waals surface area contributed by atoms with Crippen molar-refractivity contribution >= 4 is 17.9 Å². The van der Waals surface area contributed by atoms with E-state index in [2.05, 4.69) is 10.6 Å². The minimum absolute atomic E-state index is 0.0671. The molecule has 0 saturated carbocycles. The van der Waals surface area contributed by atoms with Crippen molar-refractivity contribution in [3.05, 3.63) is 0 Å². The zero-order valence-electron chi connectivity index (χ0n) is 13.0. The molecule has 0 aliphatic carbocycles. The average molecular weight is 287 g/mol. The summed E-state index contributed by atoms with van der Waals surface area (Å²) >= 11 is 0. The van der Waals surface area contributed by atoms with Crippen LogP contribution in [0, 0.1) is 5.41 Å². The number of nitrogens with zero attached hydrogens (tertiary/aromatic N) is 1. The topological polar surface area (TPSA) is 98.7 Å². The Hall–Kier alpha value is -1.79. The standard InChI is InChI=1S/C13H25N3O4/c1-7-16(8-9(17)14-6)11(20)15-13(4,5)12(2,3)10(18)19/h7-8H2,1-6H3,(H,14,17)(H,15,20)(H,18,19). The van der Waals surface area contributed by atoms with Gasteiger partial charge in [-0.2, -0.15) is 0 Å². The van der Waals surface area contributed by atoms with Gasteiger partial charge in [-0.05, 0) is 34.6 Å². The quantitative estimate of drug-likeness (QED) is 0.668. The Labute approximate surface area is 119 Å². The molecule has 0 heterocycles. The van der Waals surface area contributed by atoms with Crippen LogP contribution in [0.3, 0.4) is 0 Å². The number of nitrogens with one attached hydrogen (secondary N) is 2. The molecule has 0 saturated heterocycles. The number of aliphatic carboxylic acids is 1. The number of amides is 3. The van der Waals surface area contributed by atoms with Crippen LogP contribution in [-0.4, -0.2) is 53.6 Å². The van der Waals surface area contributed by atoms with Gasteiger partial charge in [0.15, 0.2) is 0 Å². The third-order valence-corrected chi connectivity index (χ3v) is 3.80. The molecule has 0 aromatic carbocycles. The molecule has 0 aliphatic heterocycles. The molecule has 0 unspecified atom stereocenters. The molecular weight excluding hydrogens is 262 g/mol. The lowest BCUT2D eigenvalue weighted by Gasteiger charge is -2.40. The lowest BCUT2D eigenvalue weighted by atomic mass is 9.74. The van der Waals surface area contributed by atoms with E-state index in [1.807, 2.05) is 0 Å². The Morgan fingerprint density at radius 1 is 1.15 bits per heavy atom. The molecule has 3 N–H and O–H groups in total. The first kappa shape index (κ1) is 18.2. The molecule has 20 heavy (non-hydrogen) atoms. The summed E-state index contributed by atoms with van der Waals surface area (Å²) in [6, 6.07) is -0.463. The lowest BCUT2D eigenvalue weighted by molar-refractivity contribution is -0.150. The molecule has 7 heteroatoms. The summed E-state index contributed by atoms with van der Waals surface area (Å²) in [5.41, 5.74) is -2.11. The molecule has 0 radical (unpaired) electrons. The van der Waals surface area contributed by atoms with Crippen molar-refractivity contribution in [3.63, 3.8) is 0 Å². The maximum Gasteiger partial charge on any atom is 0.318 e. The van der Waals surface area contributed by atoms with E-state index < -0.39 is 23.0 Å². The van der Waals surface area contributed by atoms with Gasteiger partial charge in [0.2, 0.25) is 5.91 Å². The van der Waals surface area contributed by atoms with E-state index in [4.69, 9.17) is 0 Å². The molecule has 0 fully saturated rings. The Morgan fingerprint density at radius 2 is 1.65 bits per heavy atom. The normalized spacial score (nSPS) is 11.7. The number of urea groups is 1. The summed E-state index contributed by atoms with van der Waals surface area (Å²) in [5, 5.41) is 14.4. The SMILES string of the molecule is CCN(CC(=O)NC)C(=O)NC(C)(C)C(C)(C)C(=O)O. The van der Waals surface area contributed by atoms with E-state index in [0.717, 1.165) is 0 Å². The third-order valence-electron chi connectivity index (χ3n) is 3.80. The molecule has 0 aliphatic rings. The van der Waals surface area contributed by atoms with Crippen LogP contribution < -0.4 is 10.6 Å². The van der Waals surface area contributed by atoms with E-state index in [1.165, 1.54) is 11.9 Å². The number of hydrogen-bond donors (Lipinski definition) is 3. The molecule has 0 atom stereocenters. The smallest absolute Gasteiger partial charge is 0.318 e. The van der Waals surface area contributed by atoms with Gasteiger partial charge in [-0.1, -0.05) is 0 Å². The van der Waals surface area contributed by atoms with Crippen molar-refractivity contribution < 1.29 is 19.5 Å². The molecule has 116 valence electrons. The average Bonchev–Trinajstić information content (AvgIpc) is 2.34. The van der Waals surface area contributed by atoms with Crippen LogP contribution in [0.1, 0.15) is 34.6 Å². The van der Waals surface area contributed by atoms with Gasteiger partial charge in [0.25, 0.3) is 0 Å². The van der Waals surface area contributed by atoms with Gasteiger partial charge >= 0.3 is 12.0 Å². The molecule has 7 nitrogen and oxygen atoms in total. The van der Waals surface area contributed by atoms with Crippen LogP contribution in [0.25, 0.3) is 0 Å². The molecule has 0 rings (SSSR count). The predicted molar refractivity (Wildman–Crippen MR) is 75.3 cm³/mol. The summed E-state index contributed by atoms with van der Waals surface area (Å²) < 4.78 is 0. The van der Waals surface area contributed by atoms with Crippen molar-refractivity contribution in [3.8, 4) is 0 Å². The highest BCUT2D eigenvalue weighted by atomic mass is 16.4. The Balaban J connectivity index is 4.96. The first-order chi connectivity index (χ1) is 8.99. The predicted octanol–water partition coefficient (Wildman–Crippen LogP) is 0.653. The number of carboxylic acid groups (broad SMARTS) is 1. The molecular formula is C13H25N3O4. The highest BCUT2D eigenvalue weighted by molar-refractivity contribution is 5.85. The van der Waals surface area contributed by atoms with Crippen molar-refractivity contribution in [1.29, 1.82) is 0 Å². The summed E-state index contributed by atoms with van der Waals surface area (Å²) in [6.07, 6.45) is 0. The fourth-order valence-electron chi connectivity index (χ4n) is 1.35. The van der Waals surface area contributed by atoms with Crippen molar-refractivity contribution in [1.82, 2.24) is 15.5 Å². The van der Waals surface area contributed by atoms with E-state index in [9.17, 15) is 19.5 Å². The van der Waals surface area contributed by atoms with Crippen LogP contribution in [0.4, 0.5) is 4.79 Å². The lowest BCUT2D eigenvalue weighted by Crippen LogP contribution is -2.60. The largest absolute Gasteiger partial charge is 0.481 e. The van der Waals surface area contributed by atoms with Gasteiger partial charge in [0, 0.05) is 13.6 Å². The summed E-state index contributed by atoms with van der Waals surface area (Å²) in [4.78, 5) is 36.1. The fourth-order valence-corrected chi connectivity index (χ4v) is 1.35. The number of carbonyl (C=O) groups excluding carboxylic acids is 2. The number of carboxylic acids is 1. The van der Waals surface area contributed by atoms with Crippen LogP contribution in [0.2, 0.25) is 0 Å². The zero-order chi connectivity index (χ0) is 16.1. The molecule has 0 spiro atoms. The van der Waals surface area contributed by atoms with E-state index in [0.29, 0.717) is 6.54 Å². The minimum Gasteiger partial charge on any atom is -0.481 e. The number of carbonyl (C=O) groups is 3. The maximum atomic E-state index is 12.2. The second-order valence-corrected chi connectivity index (χ2v) is 5.67. The van der Waals surface area contributed by atoms with Crippen molar-refractivity contribution in [2.75, 3.05) is 20.1 Å². The molecule has 0 bridgehead atoms. The molecule has 0 aromatic rings. The van der Waals surface area contributed by atoms with Gasteiger partial charge < -0.3 is 20.6 Å².